The molecular weight excluding hydrogens is 222 g/mol. The van der Waals surface area contributed by atoms with Crippen molar-refractivity contribution >= 4 is 11.6 Å². The molecule has 2 aliphatic carbocycles. The quantitative estimate of drug-likeness (QED) is 0.811. The molecule has 0 aromatic heterocycles. The molecule has 1 aromatic rings. The summed E-state index contributed by atoms with van der Waals surface area (Å²) in [6.45, 7) is 0. The van der Waals surface area contributed by atoms with Gasteiger partial charge in [-0.3, -0.25) is 0 Å². The van der Waals surface area contributed by atoms with Gasteiger partial charge < -0.3 is 5.11 Å². The molecule has 16 heavy (non-hydrogen) atoms. The predicted molar refractivity (Wildman–Crippen MR) is 60.7 cm³/mol. The molecule has 0 amide bonds. The maximum atomic E-state index is 10.5. The van der Waals surface area contributed by atoms with Gasteiger partial charge in [-0.1, -0.05) is 23.7 Å². The molecular formula is C13H12ClNO. The molecule has 82 valence electrons. The minimum absolute atomic E-state index is 0.180. The number of halogens is 1. The molecule has 1 N–H and O–H groups in total. The first-order chi connectivity index (χ1) is 7.64. The third kappa shape index (κ3) is 1.36. The van der Waals surface area contributed by atoms with E-state index in [-0.39, 0.29) is 5.92 Å². The van der Waals surface area contributed by atoms with Crippen LogP contribution in [-0.2, 0) is 5.60 Å². The lowest BCUT2D eigenvalue weighted by molar-refractivity contribution is 0.0283. The molecule has 0 aliphatic heterocycles. The molecule has 0 spiro atoms. The highest BCUT2D eigenvalue weighted by molar-refractivity contribution is 6.30. The number of rotatable bonds is 1. The summed E-state index contributed by atoms with van der Waals surface area (Å²) in [5.74, 6) is 0.974. The van der Waals surface area contributed by atoms with E-state index >= 15 is 0 Å². The van der Waals surface area contributed by atoms with Crippen LogP contribution in [0.5, 0.6) is 0 Å². The number of benzene rings is 1. The molecule has 1 aromatic carbocycles. The van der Waals surface area contributed by atoms with Crippen molar-refractivity contribution in [3.8, 4) is 6.07 Å². The van der Waals surface area contributed by atoms with Gasteiger partial charge in [0.2, 0.25) is 0 Å². The molecule has 2 unspecified atom stereocenters. The highest BCUT2D eigenvalue weighted by atomic mass is 35.5. The zero-order valence-electron chi connectivity index (χ0n) is 8.73. The highest BCUT2D eigenvalue weighted by Crippen LogP contribution is 2.63. The summed E-state index contributed by atoms with van der Waals surface area (Å²) in [6, 6.07) is 9.72. The van der Waals surface area contributed by atoms with Crippen molar-refractivity contribution in [3.05, 3.63) is 34.9 Å². The van der Waals surface area contributed by atoms with Gasteiger partial charge in [0.25, 0.3) is 0 Å². The SMILES string of the molecule is N#CC1C2CC(O)(c3cccc(Cl)c3)CC12. The van der Waals surface area contributed by atoms with E-state index in [0.29, 0.717) is 29.7 Å². The number of fused-ring (bicyclic) bond motifs is 1. The Labute approximate surface area is 99.5 Å². The number of aliphatic hydroxyl groups is 1. The van der Waals surface area contributed by atoms with Crippen molar-refractivity contribution in [3.63, 3.8) is 0 Å². The summed E-state index contributed by atoms with van der Waals surface area (Å²) in [5, 5.41) is 20.0. The first-order valence-corrected chi connectivity index (χ1v) is 5.90. The van der Waals surface area contributed by atoms with Gasteiger partial charge in [0.15, 0.2) is 0 Å². The lowest BCUT2D eigenvalue weighted by Crippen LogP contribution is -2.24. The Morgan fingerprint density at radius 1 is 1.38 bits per heavy atom. The second-order valence-corrected chi connectivity index (χ2v) is 5.37. The van der Waals surface area contributed by atoms with Crippen molar-refractivity contribution in [2.75, 3.05) is 0 Å². The van der Waals surface area contributed by atoms with Gasteiger partial charge in [0, 0.05) is 5.02 Å². The highest BCUT2D eigenvalue weighted by Gasteiger charge is 2.61. The molecule has 0 bridgehead atoms. The second kappa shape index (κ2) is 3.23. The Kier molecular flexibility index (Phi) is 2.04. The second-order valence-electron chi connectivity index (χ2n) is 4.93. The first-order valence-electron chi connectivity index (χ1n) is 5.52. The van der Waals surface area contributed by atoms with Gasteiger partial charge >= 0.3 is 0 Å². The monoisotopic (exact) mass is 233 g/mol. The lowest BCUT2D eigenvalue weighted by atomic mass is 9.87. The summed E-state index contributed by atoms with van der Waals surface area (Å²) in [5.41, 5.74) is 0.136. The van der Waals surface area contributed by atoms with Crippen LogP contribution in [0.1, 0.15) is 18.4 Å². The van der Waals surface area contributed by atoms with E-state index in [1.165, 1.54) is 0 Å². The third-order valence-corrected chi connectivity index (χ3v) is 4.22. The van der Waals surface area contributed by atoms with Gasteiger partial charge in [0.05, 0.1) is 17.6 Å². The first kappa shape index (κ1) is 10.1. The molecule has 0 saturated heterocycles. The van der Waals surface area contributed by atoms with Crippen molar-refractivity contribution in [1.82, 2.24) is 0 Å². The van der Waals surface area contributed by atoms with Crippen molar-refractivity contribution in [2.45, 2.75) is 18.4 Å². The zero-order valence-corrected chi connectivity index (χ0v) is 9.48. The van der Waals surface area contributed by atoms with E-state index < -0.39 is 5.60 Å². The van der Waals surface area contributed by atoms with Crippen LogP contribution in [-0.4, -0.2) is 5.11 Å². The van der Waals surface area contributed by atoms with E-state index in [2.05, 4.69) is 6.07 Å². The van der Waals surface area contributed by atoms with Gasteiger partial charge in [-0.25, -0.2) is 0 Å². The Balaban J connectivity index is 1.85. The summed E-state index contributed by atoms with van der Waals surface area (Å²) in [6.07, 6.45) is 1.41. The van der Waals surface area contributed by atoms with E-state index in [4.69, 9.17) is 16.9 Å². The van der Waals surface area contributed by atoms with Crippen LogP contribution in [0.25, 0.3) is 0 Å². The van der Waals surface area contributed by atoms with Crippen molar-refractivity contribution < 1.29 is 5.11 Å². The van der Waals surface area contributed by atoms with E-state index in [1.807, 2.05) is 24.3 Å². The fourth-order valence-electron chi connectivity index (χ4n) is 3.07. The molecule has 3 rings (SSSR count). The summed E-state index contributed by atoms with van der Waals surface area (Å²) in [7, 11) is 0. The number of nitriles is 1. The van der Waals surface area contributed by atoms with Gasteiger partial charge in [-0.2, -0.15) is 5.26 Å². The smallest absolute Gasteiger partial charge is 0.0903 e. The standard InChI is InChI=1S/C13H12ClNO/c14-9-3-1-2-8(4-9)13(16)5-10-11(6-13)12(10)7-15/h1-4,10-12,16H,5-6H2. The van der Waals surface area contributed by atoms with Gasteiger partial charge in [0.1, 0.15) is 0 Å². The Morgan fingerprint density at radius 2 is 2.06 bits per heavy atom. The van der Waals surface area contributed by atoms with Crippen LogP contribution >= 0.6 is 11.6 Å². The van der Waals surface area contributed by atoms with E-state index in [1.54, 1.807) is 0 Å². The minimum atomic E-state index is -0.756. The summed E-state index contributed by atoms with van der Waals surface area (Å²) < 4.78 is 0. The Bertz CT molecular complexity index is 467. The topological polar surface area (TPSA) is 44.0 Å². The maximum absolute atomic E-state index is 10.5. The molecule has 2 nitrogen and oxygen atoms in total. The van der Waals surface area contributed by atoms with Crippen molar-refractivity contribution in [1.29, 1.82) is 5.26 Å². The minimum Gasteiger partial charge on any atom is -0.385 e. The number of hydrogen-bond acceptors (Lipinski definition) is 2. The largest absolute Gasteiger partial charge is 0.385 e. The number of hydrogen-bond donors (Lipinski definition) is 1. The molecule has 3 heteroatoms. The third-order valence-electron chi connectivity index (χ3n) is 3.99. The van der Waals surface area contributed by atoms with E-state index in [0.717, 1.165) is 5.56 Å². The fraction of sp³-hybridized carbons (Fsp3) is 0.462. The zero-order chi connectivity index (χ0) is 11.3. The molecule has 0 heterocycles. The van der Waals surface area contributed by atoms with Gasteiger partial charge in [-0.15, -0.1) is 0 Å². The molecule has 2 fully saturated rings. The average Bonchev–Trinajstić information content (AvgIpc) is 2.76. The molecule has 2 saturated carbocycles. The number of nitrogens with zero attached hydrogens (tertiary/aromatic N) is 1. The average molecular weight is 234 g/mol. The fourth-order valence-corrected chi connectivity index (χ4v) is 3.26. The van der Waals surface area contributed by atoms with Crippen LogP contribution in [0, 0.1) is 29.1 Å². The van der Waals surface area contributed by atoms with Crippen LogP contribution < -0.4 is 0 Å². The summed E-state index contributed by atoms with van der Waals surface area (Å²) >= 11 is 5.93. The van der Waals surface area contributed by atoms with Crippen LogP contribution in [0.15, 0.2) is 24.3 Å². The predicted octanol–water partition coefficient (Wildman–Crippen LogP) is 2.71. The van der Waals surface area contributed by atoms with Crippen molar-refractivity contribution in [2.24, 2.45) is 17.8 Å². The summed E-state index contributed by atoms with van der Waals surface area (Å²) in [4.78, 5) is 0. The van der Waals surface area contributed by atoms with Crippen LogP contribution in [0.4, 0.5) is 0 Å². The maximum Gasteiger partial charge on any atom is 0.0903 e. The normalized spacial score (nSPS) is 40.2. The molecule has 2 aliphatic rings. The molecule has 2 atom stereocenters. The van der Waals surface area contributed by atoms with Crippen LogP contribution in [0.2, 0.25) is 5.02 Å². The Hall–Kier alpha value is -1.04. The lowest BCUT2D eigenvalue weighted by Gasteiger charge is -2.25. The van der Waals surface area contributed by atoms with Crippen LogP contribution in [0.3, 0.4) is 0 Å². The van der Waals surface area contributed by atoms with E-state index in [9.17, 15) is 5.11 Å². The molecule has 0 radical (unpaired) electrons. The Morgan fingerprint density at radius 3 is 2.62 bits per heavy atom. The van der Waals surface area contributed by atoms with Gasteiger partial charge in [-0.05, 0) is 42.4 Å².